The summed E-state index contributed by atoms with van der Waals surface area (Å²) in [5, 5.41) is 0. The predicted molar refractivity (Wildman–Crippen MR) is 67.4 cm³/mol. The van der Waals surface area contributed by atoms with Gasteiger partial charge in [0.1, 0.15) is 0 Å². The van der Waals surface area contributed by atoms with Gasteiger partial charge in [-0.15, -0.1) is 0 Å². The van der Waals surface area contributed by atoms with Gasteiger partial charge in [-0.05, 0) is 46.0 Å². The molecule has 0 amide bonds. The van der Waals surface area contributed by atoms with Crippen molar-refractivity contribution in [1.82, 2.24) is 0 Å². The smallest absolute Gasteiger partial charge is 0.158 e. The van der Waals surface area contributed by atoms with Gasteiger partial charge in [-0.1, -0.05) is 18.6 Å². The van der Waals surface area contributed by atoms with Crippen LogP contribution in [0.2, 0.25) is 0 Å². The van der Waals surface area contributed by atoms with Gasteiger partial charge in [0.05, 0.1) is 12.7 Å². The highest BCUT2D eigenvalue weighted by Crippen LogP contribution is 2.21. The zero-order valence-corrected chi connectivity index (χ0v) is 11.2. The molecule has 0 unspecified atom stereocenters. The van der Waals surface area contributed by atoms with Crippen LogP contribution in [0.3, 0.4) is 0 Å². The van der Waals surface area contributed by atoms with Crippen LogP contribution >= 0.6 is 0 Å². The number of ether oxygens (including phenoxy) is 2. The molecule has 0 aromatic heterocycles. The first-order valence-electron chi connectivity index (χ1n) is 6.48. The van der Waals surface area contributed by atoms with E-state index < -0.39 is 0 Å². The van der Waals surface area contributed by atoms with Gasteiger partial charge in [0.25, 0.3) is 0 Å². The van der Waals surface area contributed by atoms with Crippen molar-refractivity contribution < 1.29 is 9.47 Å². The monoisotopic (exact) mass is 226 g/mol. The third-order valence-corrected chi connectivity index (χ3v) is 3.02. The Bertz CT molecular complexity index is 219. The summed E-state index contributed by atoms with van der Waals surface area (Å²) < 4.78 is 11.4. The summed E-state index contributed by atoms with van der Waals surface area (Å²) in [7, 11) is 0. The molecule has 0 saturated carbocycles. The second-order valence-electron chi connectivity index (χ2n) is 5.24. The van der Waals surface area contributed by atoms with Crippen molar-refractivity contribution >= 4 is 0 Å². The SMILES string of the molecule is CC(C)=CCC[C@@H](C)C[C@H]1OCC[C@H](C)O1. The first-order chi connectivity index (χ1) is 7.58. The minimum Gasteiger partial charge on any atom is -0.353 e. The Morgan fingerprint density at radius 3 is 2.81 bits per heavy atom. The van der Waals surface area contributed by atoms with E-state index in [-0.39, 0.29) is 6.29 Å². The first-order valence-corrected chi connectivity index (χ1v) is 6.48. The summed E-state index contributed by atoms with van der Waals surface area (Å²) in [6.45, 7) is 9.57. The van der Waals surface area contributed by atoms with E-state index in [4.69, 9.17) is 9.47 Å². The molecule has 2 nitrogen and oxygen atoms in total. The highest BCUT2D eigenvalue weighted by molar-refractivity contribution is 4.92. The Labute approximate surface area is 100 Å². The molecule has 0 aromatic carbocycles. The first kappa shape index (κ1) is 13.7. The predicted octanol–water partition coefficient (Wildman–Crippen LogP) is 3.91. The molecule has 1 fully saturated rings. The minimum atomic E-state index is 0.0328. The van der Waals surface area contributed by atoms with Crippen LogP contribution in [0.1, 0.15) is 53.4 Å². The van der Waals surface area contributed by atoms with E-state index in [9.17, 15) is 0 Å². The fourth-order valence-electron chi connectivity index (χ4n) is 1.96. The molecule has 1 aliphatic heterocycles. The molecule has 0 aliphatic carbocycles. The molecule has 0 N–H and O–H groups in total. The molecule has 3 atom stereocenters. The molecule has 1 saturated heterocycles. The van der Waals surface area contributed by atoms with Crippen LogP contribution in [0.5, 0.6) is 0 Å². The van der Waals surface area contributed by atoms with Crippen molar-refractivity contribution in [2.24, 2.45) is 5.92 Å². The summed E-state index contributed by atoms with van der Waals surface area (Å²) in [6.07, 6.45) is 7.16. The van der Waals surface area contributed by atoms with Crippen LogP contribution < -0.4 is 0 Å². The fraction of sp³-hybridized carbons (Fsp3) is 0.857. The lowest BCUT2D eigenvalue weighted by Crippen LogP contribution is -2.31. The van der Waals surface area contributed by atoms with Gasteiger partial charge in [-0.25, -0.2) is 0 Å². The maximum absolute atomic E-state index is 5.75. The lowest BCUT2D eigenvalue weighted by Gasteiger charge is -2.29. The van der Waals surface area contributed by atoms with Crippen LogP contribution in [-0.2, 0) is 9.47 Å². The van der Waals surface area contributed by atoms with Crippen LogP contribution in [-0.4, -0.2) is 19.0 Å². The Morgan fingerprint density at radius 2 is 2.19 bits per heavy atom. The Balaban J connectivity index is 2.17. The Hall–Kier alpha value is -0.340. The lowest BCUT2D eigenvalue weighted by atomic mass is 10.0. The van der Waals surface area contributed by atoms with Gasteiger partial charge in [0.15, 0.2) is 6.29 Å². The summed E-state index contributed by atoms with van der Waals surface area (Å²) in [5.74, 6) is 0.672. The van der Waals surface area contributed by atoms with E-state index >= 15 is 0 Å². The molecule has 16 heavy (non-hydrogen) atoms. The molecule has 1 heterocycles. The zero-order valence-electron chi connectivity index (χ0n) is 11.2. The quantitative estimate of drug-likeness (QED) is 0.662. The lowest BCUT2D eigenvalue weighted by molar-refractivity contribution is -0.214. The van der Waals surface area contributed by atoms with Gasteiger partial charge in [-0.2, -0.15) is 0 Å². The maximum Gasteiger partial charge on any atom is 0.158 e. The molecule has 0 spiro atoms. The van der Waals surface area contributed by atoms with Crippen molar-refractivity contribution in [3.05, 3.63) is 11.6 Å². The number of rotatable bonds is 5. The largest absolute Gasteiger partial charge is 0.353 e. The van der Waals surface area contributed by atoms with Gasteiger partial charge in [0.2, 0.25) is 0 Å². The molecular weight excluding hydrogens is 200 g/mol. The normalized spacial score (nSPS) is 27.5. The summed E-state index contributed by atoms with van der Waals surface area (Å²) in [4.78, 5) is 0. The second kappa shape index (κ2) is 7.08. The molecule has 0 radical (unpaired) electrons. The van der Waals surface area contributed by atoms with Gasteiger partial charge >= 0.3 is 0 Å². The number of hydrogen-bond acceptors (Lipinski definition) is 2. The van der Waals surface area contributed by atoms with Gasteiger partial charge in [0, 0.05) is 6.42 Å². The van der Waals surface area contributed by atoms with Crippen molar-refractivity contribution in [3.63, 3.8) is 0 Å². The van der Waals surface area contributed by atoms with E-state index in [1.807, 2.05) is 0 Å². The van der Waals surface area contributed by atoms with E-state index in [0.717, 1.165) is 19.4 Å². The molecule has 0 aromatic rings. The third-order valence-electron chi connectivity index (χ3n) is 3.02. The molecule has 0 bridgehead atoms. The summed E-state index contributed by atoms with van der Waals surface area (Å²) in [5.41, 5.74) is 1.41. The molecular formula is C14H26O2. The topological polar surface area (TPSA) is 18.5 Å². The minimum absolute atomic E-state index is 0.0328. The number of hydrogen-bond donors (Lipinski definition) is 0. The molecule has 1 aliphatic rings. The third kappa shape index (κ3) is 5.66. The van der Waals surface area contributed by atoms with Crippen LogP contribution in [0.25, 0.3) is 0 Å². The van der Waals surface area contributed by atoms with E-state index in [1.54, 1.807) is 0 Å². The molecule has 2 heteroatoms. The van der Waals surface area contributed by atoms with Crippen molar-refractivity contribution in [2.75, 3.05) is 6.61 Å². The van der Waals surface area contributed by atoms with Gasteiger partial charge in [-0.3, -0.25) is 0 Å². The van der Waals surface area contributed by atoms with E-state index in [0.29, 0.717) is 12.0 Å². The van der Waals surface area contributed by atoms with Crippen LogP contribution in [0.15, 0.2) is 11.6 Å². The van der Waals surface area contributed by atoms with Crippen LogP contribution in [0.4, 0.5) is 0 Å². The summed E-state index contributed by atoms with van der Waals surface area (Å²) >= 11 is 0. The standard InChI is InChI=1S/C14H26O2/c1-11(2)6-5-7-12(3)10-14-15-9-8-13(4)16-14/h6,12-14H,5,7-10H2,1-4H3/t12-,13+,14+/m1/s1. The van der Waals surface area contributed by atoms with Gasteiger partial charge < -0.3 is 9.47 Å². The maximum atomic E-state index is 5.75. The van der Waals surface area contributed by atoms with Crippen molar-refractivity contribution in [3.8, 4) is 0 Å². The highest BCUT2D eigenvalue weighted by atomic mass is 16.7. The molecule has 94 valence electrons. The summed E-state index contributed by atoms with van der Waals surface area (Å²) in [6, 6.07) is 0. The van der Waals surface area contributed by atoms with Crippen molar-refractivity contribution in [2.45, 2.75) is 65.8 Å². The second-order valence-corrected chi connectivity index (χ2v) is 5.24. The fourth-order valence-corrected chi connectivity index (χ4v) is 1.96. The zero-order chi connectivity index (χ0) is 12.0. The number of allylic oxidation sites excluding steroid dienone is 2. The van der Waals surface area contributed by atoms with E-state index in [1.165, 1.54) is 18.4 Å². The molecule has 1 rings (SSSR count). The Kier molecular flexibility index (Phi) is 6.07. The average molecular weight is 226 g/mol. The Morgan fingerprint density at radius 1 is 1.44 bits per heavy atom. The average Bonchev–Trinajstić information content (AvgIpc) is 2.16. The van der Waals surface area contributed by atoms with Crippen LogP contribution in [0, 0.1) is 5.92 Å². The van der Waals surface area contributed by atoms with E-state index in [2.05, 4.69) is 33.8 Å². The van der Waals surface area contributed by atoms with Crippen molar-refractivity contribution in [1.29, 1.82) is 0 Å². The highest BCUT2D eigenvalue weighted by Gasteiger charge is 2.21.